The summed E-state index contributed by atoms with van der Waals surface area (Å²) < 4.78 is 0. The van der Waals surface area contributed by atoms with E-state index in [4.69, 9.17) is 5.26 Å². The van der Waals surface area contributed by atoms with Crippen molar-refractivity contribution in [3.63, 3.8) is 0 Å². The van der Waals surface area contributed by atoms with E-state index in [1.165, 1.54) is 0 Å². The van der Waals surface area contributed by atoms with E-state index in [2.05, 4.69) is 26.8 Å². The van der Waals surface area contributed by atoms with E-state index in [0.717, 1.165) is 31.6 Å². The van der Waals surface area contributed by atoms with Gasteiger partial charge in [0.25, 0.3) is 0 Å². The normalized spacial score (nSPS) is 25.5. The molecule has 1 atom stereocenters. The summed E-state index contributed by atoms with van der Waals surface area (Å²) in [5.74, 6) is 1.14. The molecule has 1 rings (SSSR count). The third-order valence-corrected chi connectivity index (χ3v) is 4.70. The number of carbonyl (C=O) groups excluding carboxylic acids is 1. The van der Waals surface area contributed by atoms with Crippen LogP contribution in [-0.4, -0.2) is 23.9 Å². The van der Waals surface area contributed by atoms with E-state index in [-0.39, 0.29) is 17.9 Å². The molecule has 0 aliphatic heterocycles. The molecule has 0 spiro atoms. The fraction of sp³-hybridized carbons (Fsp3) is 0.875. The van der Waals surface area contributed by atoms with Gasteiger partial charge in [0.05, 0.1) is 12.5 Å². The van der Waals surface area contributed by atoms with Gasteiger partial charge < -0.3 is 4.90 Å². The van der Waals surface area contributed by atoms with Crippen LogP contribution in [0.15, 0.2) is 0 Å². The van der Waals surface area contributed by atoms with Gasteiger partial charge in [-0.05, 0) is 43.9 Å². The molecule has 0 aromatic heterocycles. The Balaban J connectivity index is 2.52. The molecule has 1 fully saturated rings. The van der Waals surface area contributed by atoms with Gasteiger partial charge in [-0.2, -0.15) is 5.26 Å². The number of carbonyl (C=O) groups is 1. The molecule has 0 N–H and O–H groups in total. The SMILES string of the molecule is CC(CC#N)N(C)C(=O)C1CCC(C(C)(C)C)CC1. The van der Waals surface area contributed by atoms with Crippen LogP contribution in [0.3, 0.4) is 0 Å². The Morgan fingerprint density at radius 1 is 1.32 bits per heavy atom. The molecular weight excluding hydrogens is 236 g/mol. The Labute approximate surface area is 118 Å². The summed E-state index contributed by atoms with van der Waals surface area (Å²) in [6.07, 6.45) is 4.73. The van der Waals surface area contributed by atoms with Crippen LogP contribution in [-0.2, 0) is 4.79 Å². The van der Waals surface area contributed by atoms with Crippen molar-refractivity contribution in [2.75, 3.05) is 7.05 Å². The lowest BCUT2D eigenvalue weighted by Gasteiger charge is -2.38. The summed E-state index contributed by atoms with van der Waals surface area (Å²) >= 11 is 0. The number of hydrogen-bond donors (Lipinski definition) is 0. The first kappa shape index (κ1) is 16.0. The van der Waals surface area contributed by atoms with Crippen molar-refractivity contribution < 1.29 is 4.79 Å². The molecule has 1 aliphatic carbocycles. The van der Waals surface area contributed by atoms with E-state index in [0.29, 0.717) is 11.8 Å². The van der Waals surface area contributed by atoms with E-state index in [9.17, 15) is 4.79 Å². The Morgan fingerprint density at radius 2 is 1.84 bits per heavy atom. The second-order valence-electron chi connectivity index (χ2n) is 7.07. The molecule has 1 unspecified atom stereocenters. The van der Waals surface area contributed by atoms with Crippen LogP contribution >= 0.6 is 0 Å². The molecule has 0 aromatic carbocycles. The lowest BCUT2D eigenvalue weighted by atomic mass is 9.69. The van der Waals surface area contributed by atoms with E-state index >= 15 is 0 Å². The summed E-state index contributed by atoms with van der Waals surface area (Å²) in [5, 5.41) is 8.71. The third-order valence-electron chi connectivity index (χ3n) is 4.70. The van der Waals surface area contributed by atoms with E-state index in [1.807, 2.05) is 14.0 Å². The minimum atomic E-state index is 0.0258. The fourth-order valence-electron chi connectivity index (χ4n) is 2.98. The maximum absolute atomic E-state index is 12.4. The van der Waals surface area contributed by atoms with Crippen LogP contribution < -0.4 is 0 Å². The molecule has 0 heterocycles. The van der Waals surface area contributed by atoms with Gasteiger partial charge >= 0.3 is 0 Å². The van der Waals surface area contributed by atoms with Crippen LogP contribution in [0.2, 0.25) is 0 Å². The second-order valence-corrected chi connectivity index (χ2v) is 7.07. The summed E-state index contributed by atoms with van der Waals surface area (Å²) in [7, 11) is 1.83. The van der Waals surface area contributed by atoms with Gasteiger partial charge in [0.2, 0.25) is 5.91 Å². The summed E-state index contributed by atoms with van der Waals surface area (Å²) in [4.78, 5) is 14.2. The Kier molecular flexibility index (Phi) is 5.40. The Hall–Kier alpha value is -1.04. The molecule has 3 heteroatoms. The molecule has 1 saturated carbocycles. The maximum atomic E-state index is 12.4. The van der Waals surface area contributed by atoms with Crippen molar-refractivity contribution in [1.29, 1.82) is 5.26 Å². The highest BCUT2D eigenvalue weighted by Gasteiger charge is 2.33. The van der Waals surface area contributed by atoms with Gasteiger partial charge in [0, 0.05) is 19.0 Å². The van der Waals surface area contributed by atoms with Gasteiger partial charge in [0.15, 0.2) is 0 Å². The summed E-state index contributed by atoms with van der Waals surface area (Å²) in [6.45, 7) is 8.82. The quantitative estimate of drug-likeness (QED) is 0.781. The fourth-order valence-corrected chi connectivity index (χ4v) is 2.98. The highest BCUT2D eigenvalue weighted by atomic mass is 16.2. The third kappa shape index (κ3) is 4.23. The minimum absolute atomic E-state index is 0.0258. The molecule has 0 aromatic rings. The highest BCUT2D eigenvalue weighted by molar-refractivity contribution is 5.79. The number of amides is 1. The smallest absolute Gasteiger partial charge is 0.225 e. The number of nitriles is 1. The Morgan fingerprint density at radius 3 is 2.26 bits per heavy atom. The molecule has 0 bridgehead atoms. The summed E-state index contributed by atoms with van der Waals surface area (Å²) in [5.41, 5.74) is 0.355. The molecular formula is C16H28N2O. The van der Waals surface area contributed by atoms with Gasteiger partial charge in [-0.25, -0.2) is 0 Å². The molecule has 1 amide bonds. The van der Waals surface area contributed by atoms with Crippen LogP contribution in [0.4, 0.5) is 0 Å². The average Bonchev–Trinajstić information content (AvgIpc) is 2.36. The van der Waals surface area contributed by atoms with Gasteiger partial charge in [-0.3, -0.25) is 4.79 Å². The molecule has 3 nitrogen and oxygen atoms in total. The molecule has 108 valence electrons. The minimum Gasteiger partial charge on any atom is -0.342 e. The predicted molar refractivity (Wildman–Crippen MR) is 77.4 cm³/mol. The van der Waals surface area contributed by atoms with Crippen LogP contribution in [0, 0.1) is 28.6 Å². The van der Waals surface area contributed by atoms with Crippen molar-refractivity contribution in [3.8, 4) is 6.07 Å². The van der Waals surface area contributed by atoms with Crippen LogP contribution in [0.25, 0.3) is 0 Å². The van der Waals surface area contributed by atoms with Crippen molar-refractivity contribution in [2.45, 2.75) is 65.8 Å². The molecule has 0 radical (unpaired) electrons. The zero-order chi connectivity index (χ0) is 14.6. The first-order valence-corrected chi connectivity index (χ1v) is 7.41. The lowest BCUT2D eigenvalue weighted by molar-refractivity contribution is -0.137. The lowest BCUT2D eigenvalue weighted by Crippen LogP contribution is -2.41. The standard InChI is InChI=1S/C16H28N2O/c1-12(10-11-17)18(5)15(19)13-6-8-14(9-7-13)16(2,3)4/h12-14H,6-10H2,1-5H3. The monoisotopic (exact) mass is 264 g/mol. The van der Waals surface area contributed by atoms with Gasteiger partial charge in [0.1, 0.15) is 0 Å². The van der Waals surface area contributed by atoms with Gasteiger partial charge in [-0.1, -0.05) is 20.8 Å². The van der Waals surface area contributed by atoms with Crippen LogP contribution in [0.5, 0.6) is 0 Å². The van der Waals surface area contributed by atoms with Crippen molar-refractivity contribution in [3.05, 3.63) is 0 Å². The molecule has 0 saturated heterocycles. The maximum Gasteiger partial charge on any atom is 0.225 e. The van der Waals surface area contributed by atoms with Crippen molar-refractivity contribution in [2.24, 2.45) is 17.3 Å². The van der Waals surface area contributed by atoms with Gasteiger partial charge in [-0.15, -0.1) is 0 Å². The second kappa shape index (κ2) is 6.41. The average molecular weight is 264 g/mol. The summed E-state index contributed by atoms with van der Waals surface area (Å²) in [6, 6.07) is 2.17. The first-order chi connectivity index (χ1) is 8.77. The number of hydrogen-bond acceptors (Lipinski definition) is 2. The van der Waals surface area contributed by atoms with Crippen LogP contribution in [0.1, 0.15) is 59.8 Å². The number of nitrogens with zero attached hydrogens (tertiary/aromatic N) is 2. The Bertz CT molecular complexity index is 343. The van der Waals surface area contributed by atoms with E-state index < -0.39 is 0 Å². The molecule has 19 heavy (non-hydrogen) atoms. The highest BCUT2D eigenvalue weighted by Crippen LogP contribution is 2.40. The van der Waals surface area contributed by atoms with Crippen molar-refractivity contribution in [1.82, 2.24) is 4.90 Å². The largest absolute Gasteiger partial charge is 0.342 e. The zero-order valence-corrected chi connectivity index (χ0v) is 13.1. The zero-order valence-electron chi connectivity index (χ0n) is 13.1. The van der Waals surface area contributed by atoms with Crippen molar-refractivity contribution >= 4 is 5.91 Å². The number of rotatable bonds is 3. The first-order valence-electron chi connectivity index (χ1n) is 7.41. The van der Waals surface area contributed by atoms with E-state index in [1.54, 1.807) is 4.90 Å². The topological polar surface area (TPSA) is 44.1 Å². The predicted octanol–water partition coefficient (Wildman–Crippen LogP) is 3.60. The molecule has 1 aliphatic rings.